The number of carbonyl (C=O) groups excluding carboxylic acids is 1. The molecule has 1 amide bonds. The van der Waals surface area contributed by atoms with Crippen LogP contribution in [0.3, 0.4) is 0 Å². The lowest BCUT2D eigenvalue weighted by Crippen LogP contribution is -3.17. The monoisotopic (exact) mass is 285 g/mol. The molecular weight excluding hydrogens is 267 g/mol. The Morgan fingerprint density at radius 2 is 2.32 bits per heavy atom. The predicted octanol–water partition coefficient (Wildman–Crippen LogP) is 1.87. The quantitative estimate of drug-likeness (QED) is 0.873. The zero-order chi connectivity index (χ0) is 13.8. The topological polar surface area (TPSA) is 33.5 Å². The molecular formula is C14H19ClFN2O+. The second-order valence-electron chi connectivity index (χ2n) is 5.15. The first-order chi connectivity index (χ1) is 9.06. The second-order valence-corrected chi connectivity index (χ2v) is 5.59. The molecule has 3 nitrogen and oxygen atoms in total. The first-order valence-electron chi connectivity index (χ1n) is 6.66. The zero-order valence-electron chi connectivity index (χ0n) is 11.0. The van der Waals surface area contributed by atoms with Gasteiger partial charge in [-0.1, -0.05) is 11.6 Å². The summed E-state index contributed by atoms with van der Waals surface area (Å²) in [6.07, 6.45) is 3.54. The molecule has 1 aromatic carbocycles. The van der Waals surface area contributed by atoms with Crippen molar-refractivity contribution in [1.29, 1.82) is 0 Å². The summed E-state index contributed by atoms with van der Waals surface area (Å²) in [5.74, 6) is -0.646. The lowest BCUT2D eigenvalue weighted by molar-refractivity contribution is -0.920. The van der Waals surface area contributed by atoms with Crippen LogP contribution in [0.4, 0.5) is 10.1 Å². The Morgan fingerprint density at radius 1 is 1.53 bits per heavy atom. The largest absolute Gasteiger partial charge is 0.325 e. The van der Waals surface area contributed by atoms with E-state index in [9.17, 15) is 9.18 Å². The molecule has 2 N–H and O–H groups in total. The van der Waals surface area contributed by atoms with E-state index in [-0.39, 0.29) is 11.6 Å². The van der Waals surface area contributed by atoms with Crippen LogP contribution in [0.5, 0.6) is 0 Å². The van der Waals surface area contributed by atoms with E-state index in [0.29, 0.717) is 17.6 Å². The molecule has 0 saturated carbocycles. The Morgan fingerprint density at radius 3 is 3.00 bits per heavy atom. The van der Waals surface area contributed by atoms with Crippen LogP contribution in [0.25, 0.3) is 0 Å². The molecule has 2 rings (SSSR count). The fourth-order valence-corrected chi connectivity index (χ4v) is 2.67. The minimum atomic E-state index is -0.498. The molecule has 0 spiro atoms. The van der Waals surface area contributed by atoms with Crippen LogP contribution in [0.2, 0.25) is 5.02 Å². The molecule has 104 valence electrons. The van der Waals surface area contributed by atoms with E-state index >= 15 is 0 Å². The van der Waals surface area contributed by atoms with Gasteiger partial charge in [0, 0.05) is 5.02 Å². The molecule has 0 aliphatic carbocycles. The van der Waals surface area contributed by atoms with Gasteiger partial charge >= 0.3 is 0 Å². The first-order valence-corrected chi connectivity index (χ1v) is 7.03. The van der Waals surface area contributed by atoms with Crippen molar-refractivity contribution in [3.63, 3.8) is 0 Å². The van der Waals surface area contributed by atoms with Crippen molar-refractivity contribution >= 4 is 23.2 Å². The minimum absolute atomic E-state index is 0.148. The third-order valence-electron chi connectivity index (χ3n) is 3.67. The maximum Gasteiger partial charge on any atom is 0.279 e. The van der Waals surface area contributed by atoms with Gasteiger partial charge in [-0.15, -0.1) is 0 Å². The summed E-state index contributed by atoms with van der Waals surface area (Å²) in [7, 11) is 0. The smallest absolute Gasteiger partial charge is 0.279 e. The molecule has 1 aliphatic rings. The molecule has 19 heavy (non-hydrogen) atoms. The predicted molar refractivity (Wildman–Crippen MR) is 74.0 cm³/mol. The number of hydrogen-bond acceptors (Lipinski definition) is 1. The van der Waals surface area contributed by atoms with Crippen LogP contribution < -0.4 is 10.2 Å². The van der Waals surface area contributed by atoms with E-state index in [4.69, 9.17) is 11.6 Å². The summed E-state index contributed by atoms with van der Waals surface area (Å²) in [6.45, 7) is 3.56. The van der Waals surface area contributed by atoms with Crippen molar-refractivity contribution in [2.75, 3.05) is 18.4 Å². The number of amides is 1. The number of quaternary nitrogens is 1. The highest BCUT2D eigenvalue weighted by Gasteiger charge is 2.24. The molecule has 0 aromatic heterocycles. The Bertz CT molecular complexity index is 467. The summed E-state index contributed by atoms with van der Waals surface area (Å²) in [5.41, 5.74) is 0.193. The normalized spacial score (nSPS) is 23.1. The van der Waals surface area contributed by atoms with Crippen LogP contribution in [-0.2, 0) is 4.79 Å². The Kier molecular flexibility index (Phi) is 4.77. The van der Waals surface area contributed by atoms with Gasteiger partial charge in [-0.25, -0.2) is 4.39 Å². The van der Waals surface area contributed by atoms with E-state index in [1.165, 1.54) is 23.5 Å². The van der Waals surface area contributed by atoms with Crippen LogP contribution >= 0.6 is 11.6 Å². The standard InChI is InChI=1S/C14H18ClFN2O/c1-10-4-2-3-7-18(10)9-14(19)17-13-6-5-11(15)8-12(13)16/h5-6,8,10H,2-4,7,9H2,1H3,(H,17,19)/p+1/t10-/m0/s1. The van der Waals surface area contributed by atoms with Gasteiger partial charge in [-0.05, 0) is 44.4 Å². The molecule has 0 bridgehead atoms. The first kappa shape index (κ1) is 14.3. The molecule has 1 aliphatic heterocycles. The van der Waals surface area contributed by atoms with Crippen LogP contribution in [0.1, 0.15) is 26.2 Å². The van der Waals surface area contributed by atoms with Gasteiger partial charge in [0.1, 0.15) is 5.82 Å². The van der Waals surface area contributed by atoms with Crippen molar-refractivity contribution in [2.45, 2.75) is 32.2 Å². The minimum Gasteiger partial charge on any atom is -0.325 e. The molecule has 1 fully saturated rings. The number of piperidine rings is 1. The Labute approximate surface area is 117 Å². The number of rotatable bonds is 3. The molecule has 2 atom stereocenters. The Hall–Kier alpha value is -1.13. The van der Waals surface area contributed by atoms with Gasteiger partial charge in [0.2, 0.25) is 0 Å². The SMILES string of the molecule is C[C@H]1CCCC[NH+]1CC(=O)Nc1ccc(Cl)cc1F. The maximum absolute atomic E-state index is 13.6. The van der Waals surface area contributed by atoms with Crippen molar-refractivity contribution in [3.8, 4) is 0 Å². The molecule has 5 heteroatoms. The number of anilines is 1. The molecule has 0 radical (unpaired) electrons. The Balaban J connectivity index is 1.93. The van der Waals surface area contributed by atoms with Gasteiger partial charge in [0.05, 0.1) is 18.3 Å². The molecule has 1 saturated heterocycles. The third-order valence-corrected chi connectivity index (χ3v) is 3.91. The third kappa shape index (κ3) is 3.91. The highest BCUT2D eigenvalue weighted by atomic mass is 35.5. The van der Waals surface area contributed by atoms with Gasteiger partial charge in [-0.3, -0.25) is 4.79 Å². The average Bonchev–Trinajstić information content (AvgIpc) is 2.36. The lowest BCUT2D eigenvalue weighted by Gasteiger charge is -2.29. The summed E-state index contributed by atoms with van der Waals surface area (Å²) >= 11 is 5.67. The van der Waals surface area contributed by atoms with Crippen molar-refractivity contribution < 1.29 is 14.1 Å². The van der Waals surface area contributed by atoms with E-state index in [2.05, 4.69) is 12.2 Å². The maximum atomic E-state index is 13.6. The fraction of sp³-hybridized carbons (Fsp3) is 0.500. The highest BCUT2D eigenvalue weighted by molar-refractivity contribution is 6.30. The summed E-state index contributed by atoms with van der Waals surface area (Å²) in [5, 5.41) is 2.94. The van der Waals surface area contributed by atoms with Gasteiger partial charge in [0.25, 0.3) is 5.91 Å². The van der Waals surface area contributed by atoms with E-state index in [0.717, 1.165) is 19.4 Å². The fourth-order valence-electron chi connectivity index (χ4n) is 2.51. The summed E-state index contributed by atoms with van der Waals surface area (Å²) in [4.78, 5) is 13.2. The zero-order valence-corrected chi connectivity index (χ0v) is 11.8. The number of benzene rings is 1. The molecule has 1 aromatic rings. The van der Waals surface area contributed by atoms with Gasteiger partial charge in [0.15, 0.2) is 6.54 Å². The van der Waals surface area contributed by atoms with Gasteiger partial charge < -0.3 is 10.2 Å². The summed E-state index contributed by atoms with van der Waals surface area (Å²) in [6, 6.07) is 4.75. The number of carbonyl (C=O) groups is 1. The van der Waals surface area contributed by atoms with E-state index in [1.807, 2.05) is 0 Å². The number of nitrogens with one attached hydrogen (secondary N) is 2. The average molecular weight is 286 g/mol. The number of halogens is 2. The van der Waals surface area contributed by atoms with E-state index in [1.54, 1.807) is 6.07 Å². The lowest BCUT2D eigenvalue weighted by atomic mass is 10.0. The highest BCUT2D eigenvalue weighted by Crippen LogP contribution is 2.18. The van der Waals surface area contributed by atoms with Crippen molar-refractivity contribution in [3.05, 3.63) is 29.0 Å². The number of hydrogen-bond donors (Lipinski definition) is 2. The van der Waals surface area contributed by atoms with Crippen molar-refractivity contribution in [2.24, 2.45) is 0 Å². The van der Waals surface area contributed by atoms with Crippen molar-refractivity contribution in [1.82, 2.24) is 0 Å². The molecule has 1 unspecified atom stereocenters. The van der Waals surface area contributed by atoms with Gasteiger partial charge in [-0.2, -0.15) is 0 Å². The van der Waals surface area contributed by atoms with Crippen LogP contribution in [-0.4, -0.2) is 25.0 Å². The molecule has 1 heterocycles. The van der Waals surface area contributed by atoms with E-state index < -0.39 is 5.82 Å². The summed E-state index contributed by atoms with van der Waals surface area (Å²) < 4.78 is 13.6. The van der Waals surface area contributed by atoms with Crippen LogP contribution in [0.15, 0.2) is 18.2 Å². The van der Waals surface area contributed by atoms with Crippen LogP contribution in [0, 0.1) is 5.82 Å². The second kappa shape index (κ2) is 6.35. The number of likely N-dealkylation sites (tertiary alicyclic amines) is 1.